The van der Waals surface area contributed by atoms with Crippen LogP contribution in [0.15, 0.2) is 0 Å². The van der Waals surface area contributed by atoms with Crippen molar-refractivity contribution < 1.29 is 19.8 Å². The van der Waals surface area contributed by atoms with Crippen molar-refractivity contribution in [2.45, 2.75) is 12.8 Å². The average molecular weight is 185 g/mol. The van der Waals surface area contributed by atoms with E-state index >= 15 is 0 Å². The normalized spacial score (nSPS) is 13.8. The molecule has 0 aliphatic carbocycles. The van der Waals surface area contributed by atoms with E-state index in [-0.39, 0.29) is 6.42 Å². The molecule has 4 heteroatoms. The Bertz CT molecular complexity index is 202. The van der Waals surface area contributed by atoms with Gasteiger partial charge in [-0.25, -0.2) is 0 Å². The number of rotatable bonds is 5. The first-order valence-corrected chi connectivity index (χ1v) is 3.73. The van der Waals surface area contributed by atoms with Gasteiger partial charge in [0.15, 0.2) is 0 Å². The number of carbonyl (C=O) groups is 2. The summed E-state index contributed by atoms with van der Waals surface area (Å²) in [7, 11) is 0. The molecule has 0 aliphatic rings. The van der Waals surface area contributed by atoms with Gasteiger partial charge in [-0.15, -0.1) is 0 Å². The van der Waals surface area contributed by atoms with Gasteiger partial charge in [-0.05, 0) is 32.6 Å². The van der Waals surface area contributed by atoms with Gasteiger partial charge < -0.3 is 10.2 Å². The zero-order valence-corrected chi connectivity index (χ0v) is 7.32. The van der Waals surface area contributed by atoms with Crippen molar-refractivity contribution in [1.82, 2.24) is 0 Å². The van der Waals surface area contributed by atoms with E-state index in [9.17, 15) is 9.59 Å². The molecular formula is C9H13O4. The summed E-state index contributed by atoms with van der Waals surface area (Å²) >= 11 is 0. The molecule has 13 heavy (non-hydrogen) atoms. The minimum absolute atomic E-state index is 0.0502. The van der Waals surface area contributed by atoms with Gasteiger partial charge in [0.1, 0.15) is 0 Å². The van der Waals surface area contributed by atoms with Crippen molar-refractivity contribution in [3.8, 4) is 0 Å². The van der Waals surface area contributed by atoms with Crippen LogP contribution in [0, 0.1) is 32.1 Å². The number of carboxylic acids is 2. The molecule has 0 aromatic carbocycles. The minimum Gasteiger partial charge on any atom is -0.481 e. The van der Waals surface area contributed by atoms with Crippen LogP contribution in [0.3, 0.4) is 0 Å². The van der Waals surface area contributed by atoms with E-state index in [2.05, 4.69) is 20.8 Å². The highest BCUT2D eigenvalue weighted by molar-refractivity contribution is 5.77. The van der Waals surface area contributed by atoms with E-state index in [0.717, 1.165) is 0 Å². The lowest BCUT2D eigenvalue weighted by molar-refractivity contribution is -0.148. The van der Waals surface area contributed by atoms with Crippen molar-refractivity contribution >= 4 is 11.9 Å². The molecule has 0 aromatic heterocycles. The Kier molecular flexibility index (Phi) is 3.91. The molecule has 1 unspecified atom stereocenters. The molecule has 0 saturated carbocycles. The molecule has 2 N–H and O–H groups in total. The van der Waals surface area contributed by atoms with Gasteiger partial charge in [-0.2, -0.15) is 0 Å². The SMILES string of the molecule is [CH2]C([CH2])([CH2])CC(CC(=O)O)C(=O)O. The molecule has 0 aromatic rings. The monoisotopic (exact) mass is 185 g/mol. The van der Waals surface area contributed by atoms with Crippen LogP contribution in [0.4, 0.5) is 0 Å². The van der Waals surface area contributed by atoms with Crippen LogP contribution in [-0.4, -0.2) is 22.2 Å². The second kappa shape index (κ2) is 4.25. The summed E-state index contributed by atoms with van der Waals surface area (Å²) in [5.41, 5.74) is -0.904. The Morgan fingerprint density at radius 3 is 1.92 bits per heavy atom. The average Bonchev–Trinajstić information content (AvgIpc) is 1.81. The Morgan fingerprint density at radius 1 is 1.23 bits per heavy atom. The third-order valence-electron chi connectivity index (χ3n) is 1.45. The zero-order valence-electron chi connectivity index (χ0n) is 7.32. The standard InChI is InChI=1S/C9H13O4/c1-9(2,3)5-6(8(12)13)4-7(10)11/h6H,1-5H2,(H,10,11)(H,12,13). The van der Waals surface area contributed by atoms with Crippen molar-refractivity contribution in [2.75, 3.05) is 0 Å². The van der Waals surface area contributed by atoms with E-state index in [0.29, 0.717) is 0 Å². The van der Waals surface area contributed by atoms with Crippen LogP contribution in [0.2, 0.25) is 0 Å². The molecule has 0 heterocycles. The number of hydrogen-bond acceptors (Lipinski definition) is 2. The van der Waals surface area contributed by atoms with Crippen molar-refractivity contribution in [3.63, 3.8) is 0 Å². The maximum atomic E-state index is 10.6. The lowest BCUT2D eigenvalue weighted by atomic mass is 9.83. The summed E-state index contributed by atoms with van der Waals surface area (Å²) in [5.74, 6) is -3.26. The van der Waals surface area contributed by atoms with Crippen LogP contribution >= 0.6 is 0 Å². The molecule has 0 bridgehead atoms. The van der Waals surface area contributed by atoms with Gasteiger partial charge in [0.2, 0.25) is 0 Å². The minimum atomic E-state index is -1.15. The summed E-state index contributed by atoms with van der Waals surface area (Å²) in [5, 5.41) is 17.0. The fourth-order valence-electron chi connectivity index (χ4n) is 0.980. The van der Waals surface area contributed by atoms with Crippen LogP contribution < -0.4 is 0 Å². The summed E-state index contributed by atoms with van der Waals surface area (Å²) in [6.07, 6.45) is -0.369. The van der Waals surface area contributed by atoms with Crippen LogP contribution in [0.25, 0.3) is 0 Å². The summed E-state index contributed by atoms with van der Waals surface area (Å²) in [6, 6.07) is 0. The second-order valence-corrected chi connectivity index (χ2v) is 3.34. The maximum Gasteiger partial charge on any atom is 0.307 e. The van der Waals surface area contributed by atoms with Crippen LogP contribution in [0.5, 0.6) is 0 Å². The topological polar surface area (TPSA) is 74.6 Å². The van der Waals surface area contributed by atoms with Gasteiger partial charge in [0.25, 0.3) is 0 Å². The van der Waals surface area contributed by atoms with Crippen LogP contribution in [-0.2, 0) is 9.59 Å². The van der Waals surface area contributed by atoms with Gasteiger partial charge >= 0.3 is 11.9 Å². The first-order valence-electron chi connectivity index (χ1n) is 3.73. The smallest absolute Gasteiger partial charge is 0.307 e. The largest absolute Gasteiger partial charge is 0.481 e. The van der Waals surface area contributed by atoms with E-state index in [4.69, 9.17) is 10.2 Å². The quantitative estimate of drug-likeness (QED) is 0.671. The third kappa shape index (κ3) is 6.13. The molecule has 1 atom stereocenters. The highest BCUT2D eigenvalue weighted by Gasteiger charge is 2.26. The number of aliphatic carboxylic acids is 2. The fourth-order valence-corrected chi connectivity index (χ4v) is 0.980. The van der Waals surface area contributed by atoms with E-state index in [1.54, 1.807) is 0 Å². The fraction of sp³-hybridized carbons (Fsp3) is 0.444. The van der Waals surface area contributed by atoms with Gasteiger partial charge in [0, 0.05) is 0 Å². The molecule has 0 saturated heterocycles. The number of carboxylic acid groups (broad SMARTS) is 2. The second-order valence-electron chi connectivity index (χ2n) is 3.34. The number of hydrogen-bond donors (Lipinski definition) is 2. The highest BCUT2D eigenvalue weighted by atomic mass is 16.4. The molecule has 73 valence electrons. The lowest BCUT2D eigenvalue weighted by Crippen LogP contribution is -2.23. The Hall–Kier alpha value is -1.06. The molecule has 0 amide bonds. The first kappa shape index (κ1) is 11.9. The molecule has 3 radical (unpaired) electrons. The van der Waals surface area contributed by atoms with Crippen molar-refractivity contribution in [1.29, 1.82) is 0 Å². The third-order valence-corrected chi connectivity index (χ3v) is 1.45. The zero-order chi connectivity index (χ0) is 10.6. The van der Waals surface area contributed by atoms with E-state index in [1.165, 1.54) is 0 Å². The Morgan fingerprint density at radius 2 is 1.69 bits per heavy atom. The molecule has 0 spiro atoms. The molecular weight excluding hydrogens is 172 g/mol. The predicted octanol–water partition coefficient (Wildman–Crippen LogP) is 1.04. The summed E-state index contributed by atoms with van der Waals surface area (Å²) in [4.78, 5) is 20.8. The van der Waals surface area contributed by atoms with Crippen molar-refractivity contribution in [2.24, 2.45) is 11.3 Å². The van der Waals surface area contributed by atoms with Gasteiger partial charge in [-0.1, -0.05) is 0 Å². The first-order chi connectivity index (χ1) is 5.72. The van der Waals surface area contributed by atoms with Gasteiger partial charge in [0.05, 0.1) is 12.3 Å². The summed E-state index contributed by atoms with van der Waals surface area (Å²) in [6.45, 7) is 10.6. The Balaban J connectivity index is 4.27. The molecule has 0 aliphatic heterocycles. The van der Waals surface area contributed by atoms with E-state index in [1.807, 2.05) is 0 Å². The van der Waals surface area contributed by atoms with Gasteiger partial charge in [-0.3, -0.25) is 9.59 Å². The van der Waals surface area contributed by atoms with Crippen LogP contribution in [0.1, 0.15) is 12.8 Å². The maximum absolute atomic E-state index is 10.6. The molecule has 4 nitrogen and oxygen atoms in total. The highest BCUT2D eigenvalue weighted by Crippen LogP contribution is 2.25. The molecule has 0 fully saturated rings. The Labute approximate surface area is 77.6 Å². The van der Waals surface area contributed by atoms with E-state index < -0.39 is 29.7 Å². The predicted molar refractivity (Wildman–Crippen MR) is 46.5 cm³/mol. The molecule has 0 rings (SSSR count). The summed E-state index contributed by atoms with van der Waals surface area (Å²) < 4.78 is 0. The van der Waals surface area contributed by atoms with Crippen molar-refractivity contribution in [3.05, 3.63) is 20.8 Å². The lowest BCUT2D eigenvalue weighted by Gasteiger charge is -2.21.